The fraction of sp³-hybridized carbons (Fsp3) is 0.944. The van der Waals surface area contributed by atoms with Gasteiger partial charge in [0.15, 0.2) is 5.96 Å². The van der Waals surface area contributed by atoms with Gasteiger partial charge < -0.3 is 15.3 Å². The summed E-state index contributed by atoms with van der Waals surface area (Å²) in [5.41, 5.74) is 0.567. The second-order valence-corrected chi connectivity index (χ2v) is 8.11. The lowest BCUT2D eigenvalue weighted by molar-refractivity contribution is 0.00703. The molecule has 1 saturated heterocycles. The van der Waals surface area contributed by atoms with Crippen LogP contribution in [0.25, 0.3) is 0 Å². The lowest BCUT2D eigenvalue weighted by Crippen LogP contribution is -2.44. The quantitative estimate of drug-likeness (QED) is 0.622. The first-order valence-corrected chi connectivity index (χ1v) is 9.28. The Morgan fingerprint density at radius 2 is 2.05 bits per heavy atom. The summed E-state index contributed by atoms with van der Waals surface area (Å²) in [5.74, 6) is 1.07. The van der Waals surface area contributed by atoms with Gasteiger partial charge in [-0.05, 0) is 44.4 Å². The number of rotatable bonds is 3. The number of aliphatic hydroxyl groups excluding tert-OH is 1. The van der Waals surface area contributed by atoms with E-state index >= 15 is 0 Å². The highest BCUT2D eigenvalue weighted by molar-refractivity contribution is 5.80. The maximum atomic E-state index is 10.4. The normalized spacial score (nSPS) is 34.8. The van der Waals surface area contributed by atoms with Crippen molar-refractivity contribution in [2.24, 2.45) is 15.8 Å². The summed E-state index contributed by atoms with van der Waals surface area (Å²) in [5, 5.41) is 13.8. The van der Waals surface area contributed by atoms with Crippen molar-refractivity contribution in [2.45, 2.75) is 71.3 Å². The van der Waals surface area contributed by atoms with Crippen molar-refractivity contribution in [3.8, 4) is 0 Å². The molecule has 0 aromatic heterocycles. The summed E-state index contributed by atoms with van der Waals surface area (Å²) >= 11 is 0. The van der Waals surface area contributed by atoms with Gasteiger partial charge in [-0.3, -0.25) is 4.99 Å². The van der Waals surface area contributed by atoms with Crippen molar-refractivity contribution < 1.29 is 5.11 Å². The van der Waals surface area contributed by atoms with Crippen LogP contribution in [-0.4, -0.2) is 48.2 Å². The zero-order chi connectivity index (χ0) is 15.6. The number of aliphatic hydroxyl groups is 1. The summed E-state index contributed by atoms with van der Waals surface area (Å²) in [6.45, 7) is 8.34. The first kappa shape index (κ1) is 16.1. The second-order valence-electron chi connectivity index (χ2n) is 8.11. The Labute approximate surface area is 135 Å². The standard InChI is InChI=1S/C18H33N3O/c1-3-19-16(21-12-11-18(14-21)9-6-10-18)20-13-17(2)8-5-4-7-15(17)22/h15,22H,3-14H2,1-2H3,(H,19,20). The largest absolute Gasteiger partial charge is 0.392 e. The van der Waals surface area contributed by atoms with Gasteiger partial charge in [-0.25, -0.2) is 0 Å². The minimum Gasteiger partial charge on any atom is -0.392 e. The van der Waals surface area contributed by atoms with E-state index in [0.29, 0.717) is 5.41 Å². The second kappa shape index (κ2) is 6.38. The predicted molar refractivity (Wildman–Crippen MR) is 91.0 cm³/mol. The first-order valence-electron chi connectivity index (χ1n) is 9.28. The molecule has 1 aliphatic heterocycles. The molecule has 4 nitrogen and oxygen atoms in total. The van der Waals surface area contributed by atoms with Crippen LogP contribution in [-0.2, 0) is 0 Å². The van der Waals surface area contributed by atoms with Crippen LogP contribution in [0.4, 0.5) is 0 Å². The van der Waals surface area contributed by atoms with Crippen LogP contribution in [0, 0.1) is 10.8 Å². The van der Waals surface area contributed by atoms with Gasteiger partial charge in [0.1, 0.15) is 0 Å². The van der Waals surface area contributed by atoms with Gasteiger partial charge in [0.25, 0.3) is 0 Å². The minimum atomic E-state index is -0.190. The fourth-order valence-corrected chi connectivity index (χ4v) is 4.45. The Bertz CT molecular complexity index is 419. The first-order chi connectivity index (χ1) is 10.6. The molecule has 0 aromatic carbocycles. The predicted octanol–water partition coefficient (Wildman–Crippen LogP) is 2.77. The van der Waals surface area contributed by atoms with E-state index in [4.69, 9.17) is 4.99 Å². The fourth-order valence-electron chi connectivity index (χ4n) is 4.45. The molecule has 0 aromatic rings. The molecular weight excluding hydrogens is 274 g/mol. The molecule has 2 aliphatic carbocycles. The van der Waals surface area contributed by atoms with E-state index in [9.17, 15) is 5.11 Å². The van der Waals surface area contributed by atoms with E-state index in [0.717, 1.165) is 44.9 Å². The lowest BCUT2D eigenvalue weighted by atomic mass is 9.68. The van der Waals surface area contributed by atoms with Crippen LogP contribution in [0.5, 0.6) is 0 Å². The molecule has 1 spiro atoms. The van der Waals surface area contributed by atoms with E-state index in [1.807, 2.05) is 0 Å². The van der Waals surface area contributed by atoms with Gasteiger partial charge >= 0.3 is 0 Å². The average Bonchev–Trinajstić information content (AvgIpc) is 2.92. The maximum Gasteiger partial charge on any atom is 0.193 e. The highest BCUT2D eigenvalue weighted by Crippen LogP contribution is 2.48. The van der Waals surface area contributed by atoms with Crippen molar-refractivity contribution in [1.29, 1.82) is 0 Å². The highest BCUT2D eigenvalue weighted by Gasteiger charge is 2.43. The summed E-state index contributed by atoms with van der Waals surface area (Å²) < 4.78 is 0. The van der Waals surface area contributed by atoms with E-state index in [-0.39, 0.29) is 11.5 Å². The average molecular weight is 307 g/mol. The van der Waals surface area contributed by atoms with Gasteiger partial charge in [0, 0.05) is 25.0 Å². The molecule has 2 atom stereocenters. The molecule has 22 heavy (non-hydrogen) atoms. The van der Waals surface area contributed by atoms with Gasteiger partial charge in [-0.15, -0.1) is 0 Å². The minimum absolute atomic E-state index is 0.0349. The van der Waals surface area contributed by atoms with Crippen molar-refractivity contribution in [3.63, 3.8) is 0 Å². The van der Waals surface area contributed by atoms with Crippen LogP contribution in [0.1, 0.15) is 65.2 Å². The molecule has 2 N–H and O–H groups in total. The highest BCUT2D eigenvalue weighted by atomic mass is 16.3. The number of hydrogen-bond donors (Lipinski definition) is 2. The zero-order valence-corrected chi connectivity index (χ0v) is 14.4. The van der Waals surface area contributed by atoms with E-state index < -0.39 is 0 Å². The monoisotopic (exact) mass is 307 g/mol. The van der Waals surface area contributed by atoms with Gasteiger partial charge in [-0.2, -0.15) is 0 Å². The molecule has 3 rings (SSSR count). The number of nitrogens with zero attached hydrogens (tertiary/aromatic N) is 2. The summed E-state index contributed by atoms with van der Waals surface area (Å²) in [6, 6.07) is 0. The Balaban J connectivity index is 1.65. The van der Waals surface area contributed by atoms with Crippen LogP contribution in [0.15, 0.2) is 4.99 Å². The van der Waals surface area contributed by atoms with Crippen LogP contribution < -0.4 is 5.32 Å². The smallest absolute Gasteiger partial charge is 0.193 e. The number of hydrogen-bond acceptors (Lipinski definition) is 2. The van der Waals surface area contributed by atoms with Gasteiger partial charge in [0.2, 0.25) is 0 Å². The summed E-state index contributed by atoms with van der Waals surface area (Å²) in [7, 11) is 0. The van der Waals surface area contributed by atoms with Crippen LogP contribution in [0.2, 0.25) is 0 Å². The topological polar surface area (TPSA) is 47.9 Å². The van der Waals surface area contributed by atoms with E-state index in [1.165, 1.54) is 38.6 Å². The molecule has 2 unspecified atom stereocenters. The third-order valence-corrected chi connectivity index (χ3v) is 6.36. The van der Waals surface area contributed by atoms with Crippen molar-refractivity contribution in [1.82, 2.24) is 10.2 Å². The molecule has 3 fully saturated rings. The van der Waals surface area contributed by atoms with Crippen LogP contribution in [0.3, 0.4) is 0 Å². The van der Waals surface area contributed by atoms with Crippen LogP contribution >= 0.6 is 0 Å². The molecule has 2 saturated carbocycles. The molecule has 0 bridgehead atoms. The molecule has 0 radical (unpaired) electrons. The molecule has 0 amide bonds. The molecule has 126 valence electrons. The molecule has 1 heterocycles. The number of nitrogens with one attached hydrogen (secondary N) is 1. The number of likely N-dealkylation sites (tertiary alicyclic amines) is 1. The Morgan fingerprint density at radius 3 is 2.64 bits per heavy atom. The van der Waals surface area contributed by atoms with E-state index in [2.05, 4.69) is 24.1 Å². The van der Waals surface area contributed by atoms with E-state index in [1.54, 1.807) is 0 Å². The lowest BCUT2D eigenvalue weighted by Gasteiger charge is -2.39. The molecule has 3 aliphatic rings. The Kier molecular flexibility index (Phi) is 4.67. The van der Waals surface area contributed by atoms with Crippen molar-refractivity contribution >= 4 is 5.96 Å². The number of guanidine groups is 1. The zero-order valence-electron chi connectivity index (χ0n) is 14.4. The SMILES string of the molecule is CCNC(=NCC1(C)CCCCC1O)N1CCC2(CCC2)C1. The summed E-state index contributed by atoms with van der Waals surface area (Å²) in [6.07, 6.45) is 9.78. The maximum absolute atomic E-state index is 10.4. The van der Waals surface area contributed by atoms with Crippen molar-refractivity contribution in [3.05, 3.63) is 0 Å². The van der Waals surface area contributed by atoms with Gasteiger partial charge in [-0.1, -0.05) is 26.2 Å². The third kappa shape index (κ3) is 3.12. The van der Waals surface area contributed by atoms with Crippen molar-refractivity contribution in [2.75, 3.05) is 26.2 Å². The third-order valence-electron chi connectivity index (χ3n) is 6.36. The van der Waals surface area contributed by atoms with Gasteiger partial charge in [0.05, 0.1) is 12.6 Å². The summed E-state index contributed by atoms with van der Waals surface area (Å²) in [4.78, 5) is 7.40. The molecule has 4 heteroatoms. The Hall–Kier alpha value is -0.770. The number of aliphatic imine (C=N–C) groups is 1. The Morgan fingerprint density at radius 1 is 1.23 bits per heavy atom. The molecular formula is C18H33N3O.